The number of hydrogen-bond acceptors (Lipinski definition) is 7. The molecule has 0 atom stereocenters. The van der Waals surface area contributed by atoms with Gasteiger partial charge >= 0.3 is 0 Å². The zero-order valence-corrected chi connectivity index (χ0v) is 16.3. The number of carbonyl (C=O) groups excluding carboxylic acids is 2. The van der Waals surface area contributed by atoms with Crippen LogP contribution in [0.25, 0.3) is 0 Å². The molecule has 2 amide bonds. The van der Waals surface area contributed by atoms with Crippen molar-refractivity contribution >= 4 is 49.7 Å². The number of rotatable bonds is 5. The Balaban J connectivity index is 2.16. The van der Waals surface area contributed by atoms with Crippen LogP contribution in [-0.4, -0.2) is 30.4 Å². The van der Waals surface area contributed by atoms with Gasteiger partial charge in [0, 0.05) is 18.0 Å². The van der Waals surface area contributed by atoms with Gasteiger partial charge in [-0.2, -0.15) is 8.42 Å². The van der Waals surface area contributed by atoms with E-state index in [4.69, 9.17) is 0 Å². The van der Waals surface area contributed by atoms with Crippen molar-refractivity contribution in [3.05, 3.63) is 24.3 Å². The number of nitrogens with zero attached hydrogens (tertiary/aromatic N) is 2. The first kappa shape index (κ1) is 19.8. The average molecular weight is 397 g/mol. The molecule has 0 unspecified atom stereocenters. The Morgan fingerprint density at radius 2 is 1.73 bits per heavy atom. The fourth-order valence-corrected chi connectivity index (χ4v) is 3.66. The monoisotopic (exact) mass is 397 g/mol. The molecular formula is C15H19N5O4S2. The second kappa shape index (κ2) is 7.38. The molecular weight excluding hydrogens is 378 g/mol. The lowest BCUT2D eigenvalue weighted by Gasteiger charge is -2.15. The second-order valence-corrected chi connectivity index (χ2v) is 9.28. The Labute approximate surface area is 155 Å². The van der Waals surface area contributed by atoms with E-state index in [1.807, 2.05) is 0 Å². The third-order valence-corrected chi connectivity index (χ3v) is 5.56. The molecule has 140 valence electrons. The lowest BCUT2D eigenvalue weighted by molar-refractivity contribution is -0.123. The molecule has 0 aliphatic carbocycles. The smallest absolute Gasteiger partial charge is 0.291 e. The summed E-state index contributed by atoms with van der Waals surface area (Å²) in [7, 11) is -3.98. The van der Waals surface area contributed by atoms with Crippen LogP contribution in [0, 0.1) is 5.41 Å². The molecule has 0 saturated heterocycles. The standard InChI is InChI=1S/C15H19N5O4S2/c1-9(21)16-10-6-5-7-11(8-10)20-26(23,24)14-19-18-13(25-14)17-12(22)15(2,3)4/h5-8,20H,1-4H3,(H,16,21)(H,17,18,22). The van der Waals surface area contributed by atoms with Crippen LogP contribution in [0.5, 0.6) is 0 Å². The number of amides is 2. The van der Waals surface area contributed by atoms with Crippen molar-refractivity contribution in [1.82, 2.24) is 10.2 Å². The van der Waals surface area contributed by atoms with E-state index in [1.54, 1.807) is 32.9 Å². The van der Waals surface area contributed by atoms with E-state index in [2.05, 4.69) is 25.6 Å². The van der Waals surface area contributed by atoms with Crippen molar-refractivity contribution < 1.29 is 18.0 Å². The maximum Gasteiger partial charge on any atom is 0.291 e. The zero-order valence-electron chi connectivity index (χ0n) is 14.7. The third-order valence-electron chi connectivity index (χ3n) is 2.97. The van der Waals surface area contributed by atoms with Crippen molar-refractivity contribution in [3.63, 3.8) is 0 Å². The molecule has 9 nitrogen and oxygen atoms in total. The predicted octanol–water partition coefficient (Wildman–Crippen LogP) is 2.28. The van der Waals surface area contributed by atoms with E-state index >= 15 is 0 Å². The van der Waals surface area contributed by atoms with Crippen molar-refractivity contribution in [3.8, 4) is 0 Å². The quantitative estimate of drug-likeness (QED) is 0.664. The number of benzene rings is 1. The second-order valence-electron chi connectivity index (χ2n) is 6.44. The van der Waals surface area contributed by atoms with Crippen LogP contribution in [0.4, 0.5) is 16.5 Å². The molecule has 26 heavy (non-hydrogen) atoms. The van der Waals surface area contributed by atoms with Crippen LogP contribution in [0.1, 0.15) is 27.7 Å². The number of hydrogen-bond donors (Lipinski definition) is 3. The van der Waals surface area contributed by atoms with Gasteiger partial charge in [-0.3, -0.25) is 14.3 Å². The highest BCUT2D eigenvalue weighted by molar-refractivity contribution is 7.94. The van der Waals surface area contributed by atoms with Crippen LogP contribution in [-0.2, 0) is 19.6 Å². The largest absolute Gasteiger partial charge is 0.326 e. The Bertz CT molecular complexity index is 932. The Morgan fingerprint density at radius 1 is 1.08 bits per heavy atom. The van der Waals surface area contributed by atoms with Crippen LogP contribution in [0.15, 0.2) is 28.6 Å². The van der Waals surface area contributed by atoms with Crippen LogP contribution in [0.3, 0.4) is 0 Å². The first-order valence-corrected chi connectivity index (χ1v) is 9.83. The summed E-state index contributed by atoms with van der Waals surface area (Å²) in [6.07, 6.45) is 0. The van der Waals surface area contributed by atoms with E-state index in [0.717, 1.165) is 11.3 Å². The SMILES string of the molecule is CC(=O)Nc1cccc(NS(=O)(=O)c2nnc(NC(=O)C(C)(C)C)s2)c1. The summed E-state index contributed by atoms with van der Waals surface area (Å²) in [4.78, 5) is 23.0. The summed E-state index contributed by atoms with van der Waals surface area (Å²) in [6, 6.07) is 6.23. The molecule has 11 heteroatoms. The lowest BCUT2D eigenvalue weighted by atomic mass is 9.96. The van der Waals surface area contributed by atoms with E-state index < -0.39 is 15.4 Å². The van der Waals surface area contributed by atoms with Gasteiger partial charge in [0.2, 0.25) is 16.9 Å². The lowest BCUT2D eigenvalue weighted by Crippen LogP contribution is -2.27. The molecule has 3 N–H and O–H groups in total. The van der Waals surface area contributed by atoms with Gasteiger partial charge in [0.05, 0.1) is 5.69 Å². The topological polar surface area (TPSA) is 130 Å². The Morgan fingerprint density at radius 3 is 2.35 bits per heavy atom. The fourth-order valence-electron chi connectivity index (χ4n) is 1.72. The summed E-state index contributed by atoms with van der Waals surface area (Å²) in [6.45, 7) is 6.53. The molecule has 1 heterocycles. The third kappa shape index (κ3) is 5.23. The molecule has 2 aromatic rings. The van der Waals surface area contributed by atoms with Crippen molar-refractivity contribution in [2.75, 3.05) is 15.4 Å². The van der Waals surface area contributed by atoms with Gasteiger partial charge in [-0.05, 0) is 18.2 Å². The Kier molecular flexibility index (Phi) is 5.62. The number of carbonyl (C=O) groups is 2. The molecule has 0 aliphatic heterocycles. The molecule has 0 spiro atoms. The zero-order chi connectivity index (χ0) is 19.5. The highest BCUT2D eigenvalue weighted by Crippen LogP contribution is 2.25. The highest BCUT2D eigenvalue weighted by Gasteiger charge is 2.25. The maximum absolute atomic E-state index is 12.4. The molecule has 0 fully saturated rings. The van der Waals surface area contributed by atoms with Gasteiger partial charge in [-0.1, -0.05) is 38.2 Å². The number of anilines is 3. The van der Waals surface area contributed by atoms with Crippen LogP contribution in [0.2, 0.25) is 0 Å². The van der Waals surface area contributed by atoms with Gasteiger partial charge in [-0.25, -0.2) is 0 Å². The summed E-state index contributed by atoms with van der Waals surface area (Å²) in [5.74, 6) is -0.568. The summed E-state index contributed by atoms with van der Waals surface area (Å²) < 4.78 is 26.9. The van der Waals surface area contributed by atoms with Gasteiger partial charge in [0.15, 0.2) is 0 Å². The van der Waals surface area contributed by atoms with Gasteiger partial charge in [0.25, 0.3) is 14.4 Å². The van der Waals surface area contributed by atoms with Crippen LogP contribution < -0.4 is 15.4 Å². The molecule has 1 aromatic heterocycles. The van der Waals surface area contributed by atoms with E-state index in [-0.39, 0.29) is 27.0 Å². The Hall–Kier alpha value is -2.53. The van der Waals surface area contributed by atoms with Gasteiger partial charge in [0.1, 0.15) is 0 Å². The van der Waals surface area contributed by atoms with Gasteiger partial charge < -0.3 is 10.6 Å². The van der Waals surface area contributed by atoms with E-state index in [9.17, 15) is 18.0 Å². The molecule has 0 aliphatic rings. The minimum absolute atomic E-state index is 0.0947. The summed E-state index contributed by atoms with van der Waals surface area (Å²) in [5, 5.41) is 12.5. The van der Waals surface area contributed by atoms with Gasteiger partial charge in [-0.15, -0.1) is 10.2 Å². The number of nitrogens with one attached hydrogen (secondary N) is 3. The average Bonchev–Trinajstić information content (AvgIpc) is 2.95. The van der Waals surface area contributed by atoms with Crippen molar-refractivity contribution in [2.24, 2.45) is 5.41 Å². The summed E-state index contributed by atoms with van der Waals surface area (Å²) >= 11 is 0.744. The molecule has 0 radical (unpaired) electrons. The molecule has 0 saturated carbocycles. The number of sulfonamides is 1. The minimum Gasteiger partial charge on any atom is -0.326 e. The minimum atomic E-state index is -3.98. The van der Waals surface area contributed by atoms with E-state index in [0.29, 0.717) is 5.69 Å². The predicted molar refractivity (Wildman–Crippen MR) is 99.5 cm³/mol. The van der Waals surface area contributed by atoms with Crippen LogP contribution >= 0.6 is 11.3 Å². The molecule has 2 rings (SSSR count). The molecule has 1 aromatic carbocycles. The highest BCUT2D eigenvalue weighted by atomic mass is 32.2. The van der Waals surface area contributed by atoms with E-state index in [1.165, 1.54) is 19.1 Å². The first-order valence-electron chi connectivity index (χ1n) is 7.53. The fraction of sp³-hybridized carbons (Fsp3) is 0.333. The van der Waals surface area contributed by atoms with Crippen molar-refractivity contribution in [2.45, 2.75) is 32.0 Å². The normalized spacial score (nSPS) is 11.7. The maximum atomic E-state index is 12.4. The van der Waals surface area contributed by atoms with Crippen molar-refractivity contribution in [1.29, 1.82) is 0 Å². The summed E-state index contributed by atoms with van der Waals surface area (Å²) in [5.41, 5.74) is 0.0624. The molecule has 0 bridgehead atoms. The first-order chi connectivity index (χ1) is 12.0. The number of aromatic nitrogens is 2.